The molecule has 1 aliphatic heterocycles. The highest BCUT2D eigenvalue weighted by Gasteiger charge is 2.23. The van der Waals surface area contributed by atoms with E-state index in [2.05, 4.69) is 25.8 Å². The standard InChI is InChI=1S/C19H25N5O3S/c1-13-11-24(12-14(2)27-13)17-6-5-15(10-22-17)23-19(26)21-8-7-20-18(25)16-4-3-9-28-16/h3-6,9-10,13-14H,7-8,11-12H2,1-2H3,(H,20,25)(H2,21,23,26). The van der Waals surface area contributed by atoms with Crippen molar-refractivity contribution in [3.63, 3.8) is 0 Å². The van der Waals surface area contributed by atoms with E-state index in [0.29, 0.717) is 23.7 Å². The summed E-state index contributed by atoms with van der Waals surface area (Å²) in [5, 5.41) is 10.0. The highest BCUT2D eigenvalue weighted by Crippen LogP contribution is 2.19. The predicted octanol–water partition coefficient (Wildman–Crippen LogP) is 2.31. The van der Waals surface area contributed by atoms with Gasteiger partial charge in [0.1, 0.15) is 5.82 Å². The van der Waals surface area contributed by atoms with E-state index in [1.807, 2.05) is 37.4 Å². The summed E-state index contributed by atoms with van der Waals surface area (Å²) in [6.45, 7) is 6.37. The molecule has 2 aromatic rings. The van der Waals surface area contributed by atoms with Crippen LogP contribution in [0.25, 0.3) is 0 Å². The van der Waals surface area contributed by atoms with Crippen LogP contribution in [-0.2, 0) is 4.74 Å². The zero-order chi connectivity index (χ0) is 19.9. The molecular weight excluding hydrogens is 378 g/mol. The lowest BCUT2D eigenvalue weighted by molar-refractivity contribution is -0.00545. The molecule has 2 aromatic heterocycles. The van der Waals surface area contributed by atoms with Gasteiger partial charge in [0.2, 0.25) is 0 Å². The van der Waals surface area contributed by atoms with Crippen LogP contribution in [-0.4, -0.2) is 55.3 Å². The fourth-order valence-electron chi connectivity index (χ4n) is 3.03. The summed E-state index contributed by atoms with van der Waals surface area (Å²) >= 11 is 1.38. The lowest BCUT2D eigenvalue weighted by atomic mass is 10.2. The molecule has 0 spiro atoms. The third kappa shape index (κ3) is 5.67. The Morgan fingerprint density at radius 3 is 2.57 bits per heavy atom. The second kappa shape index (κ2) is 9.52. The van der Waals surface area contributed by atoms with Gasteiger partial charge >= 0.3 is 6.03 Å². The lowest BCUT2D eigenvalue weighted by Crippen LogP contribution is -2.45. The van der Waals surface area contributed by atoms with Crippen LogP contribution < -0.4 is 20.9 Å². The minimum absolute atomic E-state index is 0.135. The largest absolute Gasteiger partial charge is 0.372 e. The number of hydrogen-bond acceptors (Lipinski definition) is 6. The number of nitrogens with zero attached hydrogens (tertiary/aromatic N) is 2. The van der Waals surface area contributed by atoms with Crippen LogP contribution in [0.2, 0.25) is 0 Å². The molecule has 1 aliphatic rings. The molecule has 3 rings (SSSR count). The summed E-state index contributed by atoms with van der Waals surface area (Å²) < 4.78 is 5.74. The van der Waals surface area contributed by atoms with Crippen molar-refractivity contribution in [3.05, 3.63) is 40.7 Å². The Labute approximate surface area is 168 Å². The van der Waals surface area contributed by atoms with Gasteiger partial charge in [-0.1, -0.05) is 6.07 Å². The van der Waals surface area contributed by atoms with Crippen molar-refractivity contribution in [1.82, 2.24) is 15.6 Å². The smallest absolute Gasteiger partial charge is 0.319 e. The van der Waals surface area contributed by atoms with E-state index in [0.717, 1.165) is 18.9 Å². The Balaban J connectivity index is 1.40. The summed E-state index contributed by atoms with van der Waals surface area (Å²) in [6.07, 6.45) is 1.96. The van der Waals surface area contributed by atoms with E-state index in [9.17, 15) is 9.59 Å². The molecule has 150 valence electrons. The normalized spacial score (nSPS) is 19.1. The monoisotopic (exact) mass is 403 g/mol. The van der Waals surface area contributed by atoms with Crippen LogP contribution in [0.15, 0.2) is 35.8 Å². The number of amides is 3. The highest BCUT2D eigenvalue weighted by molar-refractivity contribution is 7.12. The number of nitrogens with one attached hydrogen (secondary N) is 3. The number of thiophene rings is 1. The molecule has 8 nitrogen and oxygen atoms in total. The molecule has 0 saturated carbocycles. The maximum absolute atomic E-state index is 12.0. The molecule has 9 heteroatoms. The summed E-state index contributed by atoms with van der Waals surface area (Å²) in [6, 6.07) is 6.96. The third-order valence-corrected chi connectivity index (χ3v) is 5.06. The molecule has 0 radical (unpaired) electrons. The van der Waals surface area contributed by atoms with Crippen LogP contribution in [0, 0.1) is 0 Å². The van der Waals surface area contributed by atoms with E-state index < -0.39 is 0 Å². The Kier molecular flexibility index (Phi) is 6.83. The van der Waals surface area contributed by atoms with Gasteiger partial charge in [0.25, 0.3) is 5.91 Å². The summed E-state index contributed by atoms with van der Waals surface area (Å²) in [7, 11) is 0. The van der Waals surface area contributed by atoms with Gasteiger partial charge < -0.3 is 25.6 Å². The van der Waals surface area contributed by atoms with E-state index in [1.54, 1.807) is 12.3 Å². The van der Waals surface area contributed by atoms with Gasteiger partial charge in [-0.25, -0.2) is 9.78 Å². The van der Waals surface area contributed by atoms with Crippen molar-refractivity contribution in [2.45, 2.75) is 26.1 Å². The average molecular weight is 404 g/mol. The molecule has 0 aromatic carbocycles. The molecule has 3 N–H and O–H groups in total. The number of ether oxygens (including phenoxy) is 1. The van der Waals surface area contributed by atoms with Crippen LogP contribution >= 0.6 is 11.3 Å². The van der Waals surface area contributed by atoms with Crippen molar-refractivity contribution in [2.75, 3.05) is 36.4 Å². The number of anilines is 2. The minimum Gasteiger partial charge on any atom is -0.372 e. The zero-order valence-electron chi connectivity index (χ0n) is 16.0. The SMILES string of the molecule is CC1CN(c2ccc(NC(=O)NCCNC(=O)c3cccs3)cn2)CC(C)O1. The Morgan fingerprint density at radius 2 is 1.93 bits per heavy atom. The van der Waals surface area contributed by atoms with Gasteiger partial charge in [0.05, 0.1) is 29.0 Å². The molecule has 3 heterocycles. The van der Waals surface area contributed by atoms with Gasteiger partial charge in [0, 0.05) is 26.2 Å². The predicted molar refractivity (Wildman–Crippen MR) is 110 cm³/mol. The Hall–Kier alpha value is -2.65. The van der Waals surface area contributed by atoms with Crippen molar-refractivity contribution in [1.29, 1.82) is 0 Å². The van der Waals surface area contributed by atoms with Gasteiger partial charge in [0.15, 0.2) is 0 Å². The van der Waals surface area contributed by atoms with E-state index >= 15 is 0 Å². The van der Waals surface area contributed by atoms with Crippen molar-refractivity contribution >= 4 is 34.8 Å². The fourth-order valence-corrected chi connectivity index (χ4v) is 3.67. The van der Waals surface area contributed by atoms with Crippen LogP contribution in [0.1, 0.15) is 23.5 Å². The van der Waals surface area contributed by atoms with Crippen LogP contribution in [0.5, 0.6) is 0 Å². The summed E-state index contributed by atoms with van der Waals surface area (Å²) in [4.78, 5) is 31.0. The van der Waals surface area contributed by atoms with Gasteiger partial charge in [-0.15, -0.1) is 11.3 Å². The highest BCUT2D eigenvalue weighted by atomic mass is 32.1. The first kappa shape index (κ1) is 20.1. The van der Waals surface area contributed by atoms with Gasteiger partial charge in [-0.3, -0.25) is 4.79 Å². The van der Waals surface area contributed by atoms with E-state index in [4.69, 9.17) is 4.74 Å². The first-order chi connectivity index (χ1) is 13.5. The van der Waals surface area contributed by atoms with E-state index in [1.165, 1.54) is 11.3 Å². The van der Waals surface area contributed by atoms with Gasteiger partial charge in [-0.2, -0.15) is 0 Å². The molecule has 0 aliphatic carbocycles. The first-order valence-corrected chi connectivity index (χ1v) is 10.1. The Morgan fingerprint density at radius 1 is 1.18 bits per heavy atom. The van der Waals surface area contributed by atoms with Crippen molar-refractivity contribution < 1.29 is 14.3 Å². The summed E-state index contributed by atoms with van der Waals surface area (Å²) in [5.74, 6) is 0.730. The van der Waals surface area contributed by atoms with Crippen molar-refractivity contribution in [3.8, 4) is 0 Å². The maximum atomic E-state index is 12.0. The number of morpholine rings is 1. The average Bonchev–Trinajstić information content (AvgIpc) is 3.20. The number of rotatable bonds is 6. The first-order valence-electron chi connectivity index (χ1n) is 9.24. The molecular formula is C19H25N5O3S. The van der Waals surface area contributed by atoms with Crippen LogP contribution in [0.4, 0.5) is 16.3 Å². The summed E-state index contributed by atoms with van der Waals surface area (Å²) in [5.41, 5.74) is 0.609. The topological polar surface area (TPSA) is 95.6 Å². The second-order valence-corrected chi connectivity index (χ2v) is 7.63. The molecule has 2 atom stereocenters. The zero-order valence-corrected chi connectivity index (χ0v) is 16.8. The quantitative estimate of drug-likeness (QED) is 0.644. The van der Waals surface area contributed by atoms with Gasteiger partial charge in [-0.05, 0) is 37.4 Å². The molecule has 1 fully saturated rings. The fraction of sp³-hybridized carbons (Fsp3) is 0.421. The number of carbonyl (C=O) groups excluding carboxylic acids is 2. The molecule has 3 amide bonds. The van der Waals surface area contributed by atoms with E-state index in [-0.39, 0.29) is 24.1 Å². The number of hydrogen-bond donors (Lipinski definition) is 3. The van der Waals surface area contributed by atoms with Crippen LogP contribution in [0.3, 0.4) is 0 Å². The Bertz CT molecular complexity index is 771. The molecule has 2 unspecified atom stereocenters. The maximum Gasteiger partial charge on any atom is 0.319 e. The molecule has 0 bridgehead atoms. The number of aromatic nitrogens is 1. The minimum atomic E-state index is -0.339. The number of carbonyl (C=O) groups is 2. The number of pyridine rings is 1. The van der Waals surface area contributed by atoms with Crippen molar-refractivity contribution in [2.24, 2.45) is 0 Å². The third-order valence-electron chi connectivity index (χ3n) is 4.19. The molecule has 28 heavy (non-hydrogen) atoms. The lowest BCUT2D eigenvalue weighted by Gasteiger charge is -2.36. The molecule has 1 saturated heterocycles. The number of urea groups is 1. The second-order valence-electron chi connectivity index (χ2n) is 6.68.